The van der Waals surface area contributed by atoms with E-state index < -0.39 is 5.97 Å². The van der Waals surface area contributed by atoms with Crippen LogP contribution in [0, 0.1) is 6.92 Å². The van der Waals surface area contributed by atoms with Crippen LogP contribution >= 0.6 is 11.3 Å². The number of carbonyl (C=O) groups is 1. The van der Waals surface area contributed by atoms with Crippen LogP contribution in [0.25, 0.3) is 11.3 Å². The number of nitrogens with zero attached hydrogens (tertiary/aromatic N) is 1. The first-order valence-electron chi connectivity index (χ1n) is 4.95. The molecule has 88 valence electrons. The van der Waals surface area contributed by atoms with Gasteiger partial charge in [-0.15, -0.1) is 11.3 Å². The molecule has 0 bridgehead atoms. The van der Waals surface area contributed by atoms with Gasteiger partial charge in [-0.3, -0.25) is 0 Å². The highest BCUT2D eigenvalue weighted by Gasteiger charge is 2.18. The summed E-state index contributed by atoms with van der Waals surface area (Å²) in [5.41, 5.74) is 3.74. The largest absolute Gasteiger partial charge is 0.496 e. The van der Waals surface area contributed by atoms with Crippen molar-refractivity contribution in [3.8, 4) is 17.0 Å². The van der Waals surface area contributed by atoms with E-state index in [0.29, 0.717) is 17.0 Å². The first kappa shape index (κ1) is 11.6. The average molecular weight is 249 g/mol. The summed E-state index contributed by atoms with van der Waals surface area (Å²) in [6, 6.07) is 5.60. The first-order chi connectivity index (χ1) is 8.13. The maximum absolute atomic E-state index is 11.1. The predicted octanol–water partition coefficient (Wildman–Crippen LogP) is 2.83. The normalized spacial score (nSPS) is 10.2. The molecule has 5 heteroatoms. The van der Waals surface area contributed by atoms with Gasteiger partial charge in [-0.05, 0) is 19.1 Å². The number of aromatic carboxylic acids is 1. The van der Waals surface area contributed by atoms with E-state index in [1.807, 2.05) is 25.1 Å². The smallest absolute Gasteiger partial charge is 0.348 e. The lowest BCUT2D eigenvalue weighted by Gasteiger charge is -2.08. The van der Waals surface area contributed by atoms with Gasteiger partial charge < -0.3 is 9.84 Å². The fourth-order valence-electron chi connectivity index (χ4n) is 1.60. The Morgan fingerprint density at radius 2 is 2.24 bits per heavy atom. The van der Waals surface area contributed by atoms with Crippen molar-refractivity contribution >= 4 is 17.3 Å². The van der Waals surface area contributed by atoms with Crippen LogP contribution < -0.4 is 4.74 Å². The zero-order chi connectivity index (χ0) is 12.4. The lowest BCUT2D eigenvalue weighted by Crippen LogP contribution is -1.97. The van der Waals surface area contributed by atoms with Gasteiger partial charge >= 0.3 is 5.97 Å². The Kier molecular flexibility index (Phi) is 3.10. The summed E-state index contributed by atoms with van der Waals surface area (Å²) < 4.78 is 5.23. The van der Waals surface area contributed by atoms with Gasteiger partial charge in [0.25, 0.3) is 0 Å². The van der Waals surface area contributed by atoms with Crippen LogP contribution in [0.15, 0.2) is 23.7 Å². The topological polar surface area (TPSA) is 59.4 Å². The lowest BCUT2D eigenvalue weighted by atomic mass is 10.1. The van der Waals surface area contributed by atoms with Gasteiger partial charge in [-0.25, -0.2) is 9.78 Å². The van der Waals surface area contributed by atoms with Crippen molar-refractivity contribution in [2.24, 2.45) is 0 Å². The summed E-state index contributed by atoms with van der Waals surface area (Å²) >= 11 is 1.11. The molecule has 2 aromatic rings. The van der Waals surface area contributed by atoms with Crippen LogP contribution in [0.5, 0.6) is 5.75 Å². The minimum absolute atomic E-state index is 0.230. The summed E-state index contributed by atoms with van der Waals surface area (Å²) in [4.78, 5) is 15.4. The second-order valence-electron chi connectivity index (χ2n) is 3.54. The Morgan fingerprint density at radius 3 is 2.88 bits per heavy atom. The Bertz CT molecular complexity index is 563. The molecule has 1 aromatic heterocycles. The molecular weight excluding hydrogens is 238 g/mol. The van der Waals surface area contributed by atoms with Crippen molar-refractivity contribution in [1.82, 2.24) is 4.98 Å². The fraction of sp³-hybridized carbons (Fsp3) is 0.167. The SMILES string of the molecule is COc1ccc(C)cc1-c1ncsc1C(=O)O. The number of thiazole rings is 1. The molecule has 0 unspecified atom stereocenters. The minimum Gasteiger partial charge on any atom is -0.496 e. The summed E-state index contributed by atoms with van der Waals surface area (Å²) in [6.07, 6.45) is 0. The van der Waals surface area contributed by atoms with E-state index in [4.69, 9.17) is 9.84 Å². The Labute approximate surface area is 103 Å². The van der Waals surface area contributed by atoms with Crippen LogP contribution in [0.1, 0.15) is 15.2 Å². The third-order valence-corrected chi connectivity index (χ3v) is 3.19. The van der Waals surface area contributed by atoms with E-state index >= 15 is 0 Å². The third-order valence-electron chi connectivity index (χ3n) is 2.37. The zero-order valence-corrected chi connectivity index (χ0v) is 10.2. The van der Waals surface area contributed by atoms with Gasteiger partial charge in [0, 0.05) is 5.56 Å². The van der Waals surface area contributed by atoms with Crippen LogP contribution in [-0.4, -0.2) is 23.2 Å². The number of benzene rings is 1. The second kappa shape index (κ2) is 4.55. The van der Waals surface area contributed by atoms with Crippen LogP contribution in [0.4, 0.5) is 0 Å². The van der Waals surface area contributed by atoms with Gasteiger partial charge in [0.2, 0.25) is 0 Å². The van der Waals surface area contributed by atoms with Crippen LogP contribution in [0.2, 0.25) is 0 Å². The molecule has 0 saturated heterocycles. The number of hydrogen-bond donors (Lipinski definition) is 1. The molecule has 0 aliphatic carbocycles. The number of hydrogen-bond acceptors (Lipinski definition) is 4. The molecule has 1 aromatic carbocycles. The lowest BCUT2D eigenvalue weighted by molar-refractivity contribution is 0.0702. The van der Waals surface area contributed by atoms with Crippen LogP contribution in [0.3, 0.4) is 0 Å². The maximum Gasteiger partial charge on any atom is 0.348 e. The van der Waals surface area contributed by atoms with Gasteiger partial charge in [-0.1, -0.05) is 11.6 Å². The molecule has 0 spiro atoms. The summed E-state index contributed by atoms with van der Waals surface area (Å²) in [7, 11) is 1.56. The molecule has 1 heterocycles. The fourth-order valence-corrected chi connectivity index (χ4v) is 2.24. The minimum atomic E-state index is -0.967. The van der Waals surface area contributed by atoms with E-state index in [1.165, 1.54) is 5.51 Å². The molecule has 2 rings (SSSR count). The molecule has 0 aliphatic heterocycles. The van der Waals surface area contributed by atoms with Crippen molar-refractivity contribution < 1.29 is 14.6 Å². The second-order valence-corrected chi connectivity index (χ2v) is 4.39. The van der Waals surface area contributed by atoms with Gasteiger partial charge in [0.15, 0.2) is 0 Å². The highest BCUT2D eigenvalue weighted by Crippen LogP contribution is 2.33. The van der Waals surface area contributed by atoms with Gasteiger partial charge in [-0.2, -0.15) is 0 Å². The van der Waals surface area contributed by atoms with Crippen molar-refractivity contribution in [2.75, 3.05) is 7.11 Å². The quantitative estimate of drug-likeness (QED) is 0.908. The highest BCUT2D eigenvalue weighted by molar-refractivity contribution is 7.12. The highest BCUT2D eigenvalue weighted by atomic mass is 32.1. The molecule has 1 N–H and O–H groups in total. The molecule has 0 aliphatic rings. The molecule has 4 nitrogen and oxygen atoms in total. The number of rotatable bonds is 3. The summed E-state index contributed by atoms with van der Waals surface area (Å²) in [5, 5.41) is 9.08. The Hall–Kier alpha value is -1.88. The zero-order valence-electron chi connectivity index (χ0n) is 9.43. The molecular formula is C12H11NO3S. The maximum atomic E-state index is 11.1. The molecule has 0 fully saturated rings. The number of aromatic nitrogens is 1. The number of methoxy groups -OCH3 is 1. The predicted molar refractivity (Wildman–Crippen MR) is 65.8 cm³/mol. The third kappa shape index (κ3) is 2.14. The molecule has 0 atom stereocenters. The number of aryl methyl sites for hydroxylation is 1. The van der Waals surface area contributed by atoms with E-state index in [-0.39, 0.29) is 4.88 Å². The first-order valence-corrected chi connectivity index (χ1v) is 5.83. The van der Waals surface area contributed by atoms with E-state index in [2.05, 4.69) is 4.98 Å². The van der Waals surface area contributed by atoms with E-state index in [1.54, 1.807) is 7.11 Å². The standard InChI is InChI=1S/C12H11NO3S/c1-7-3-4-9(16-2)8(5-7)10-11(12(14)15)17-6-13-10/h3-6H,1-2H3,(H,14,15). The average Bonchev–Trinajstić information content (AvgIpc) is 2.77. The summed E-state index contributed by atoms with van der Waals surface area (Å²) in [5.74, 6) is -0.338. The monoisotopic (exact) mass is 249 g/mol. The Morgan fingerprint density at radius 1 is 1.47 bits per heavy atom. The molecule has 17 heavy (non-hydrogen) atoms. The molecule has 0 radical (unpaired) electrons. The number of carboxylic acid groups (broad SMARTS) is 1. The van der Waals surface area contributed by atoms with Crippen molar-refractivity contribution in [3.05, 3.63) is 34.2 Å². The van der Waals surface area contributed by atoms with E-state index in [0.717, 1.165) is 16.9 Å². The van der Waals surface area contributed by atoms with Gasteiger partial charge in [0.05, 0.1) is 18.3 Å². The number of carboxylic acids is 1. The molecule has 0 saturated carbocycles. The van der Waals surface area contributed by atoms with Crippen molar-refractivity contribution in [3.63, 3.8) is 0 Å². The van der Waals surface area contributed by atoms with Crippen molar-refractivity contribution in [1.29, 1.82) is 0 Å². The van der Waals surface area contributed by atoms with Crippen LogP contribution in [-0.2, 0) is 0 Å². The summed E-state index contributed by atoms with van der Waals surface area (Å²) in [6.45, 7) is 1.94. The van der Waals surface area contributed by atoms with E-state index in [9.17, 15) is 4.79 Å². The van der Waals surface area contributed by atoms with Crippen molar-refractivity contribution in [2.45, 2.75) is 6.92 Å². The Balaban J connectivity index is 2.63. The van der Waals surface area contributed by atoms with Gasteiger partial charge in [0.1, 0.15) is 10.6 Å². The molecule has 0 amide bonds. The number of ether oxygens (including phenoxy) is 1.